The van der Waals surface area contributed by atoms with Gasteiger partial charge in [0.05, 0.1) is 5.69 Å². The van der Waals surface area contributed by atoms with Gasteiger partial charge in [0.2, 0.25) is 0 Å². The van der Waals surface area contributed by atoms with Crippen LogP contribution in [0.2, 0.25) is 0 Å². The van der Waals surface area contributed by atoms with E-state index in [-0.39, 0.29) is 12.5 Å². The normalized spacial score (nSPS) is 9.95. The minimum atomic E-state index is -0.275. The van der Waals surface area contributed by atoms with Gasteiger partial charge in [-0.2, -0.15) is 0 Å². The Balaban J connectivity index is 1.95. The van der Waals surface area contributed by atoms with Gasteiger partial charge in [-0.05, 0) is 36.8 Å². The average molecular weight is 284 g/mol. The van der Waals surface area contributed by atoms with E-state index in [1.54, 1.807) is 12.1 Å². The summed E-state index contributed by atoms with van der Waals surface area (Å²) in [6.07, 6.45) is 0.699. The molecule has 0 bridgehead atoms. The quantitative estimate of drug-likeness (QED) is 0.652. The number of amides is 1. The second kappa shape index (κ2) is 6.56. The SMILES string of the molecule is Cc1ccccc1NC(=O)COc1ccc(C=O)cc1N. The number of benzene rings is 2. The number of hydrogen-bond donors (Lipinski definition) is 2. The zero-order valence-electron chi connectivity index (χ0n) is 11.6. The van der Waals surface area contributed by atoms with Crippen molar-refractivity contribution in [3.05, 3.63) is 53.6 Å². The third kappa shape index (κ3) is 3.82. The van der Waals surface area contributed by atoms with Crippen molar-refractivity contribution in [2.24, 2.45) is 0 Å². The molecule has 0 aliphatic rings. The van der Waals surface area contributed by atoms with E-state index in [1.807, 2.05) is 31.2 Å². The van der Waals surface area contributed by atoms with Crippen LogP contribution < -0.4 is 15.8 Å². The van der Waals surface area contributed by atoms with Crippen molar-refractivity contribution in [2.45, 2.75) is 6.92 Å². The molecule has 5 heteroatoms. The average Bonchev–Trinajstić information content (AvgIpc) is 2.48. The molecule has 0 aliphatic carbocycles. The van der Waals surface area contributed by atoms with Crippen molar-refractivity contribution in [3.8, 4) is 5.75 Å². The summed E-state index contributed by atoms with van der Waals surface area (Å²) in [5.74, 6) is 0.101. The minimum absolute atomic E-state index is 0.154. The van der Waals surface area contributed by atoms with Crippen molar-refractivity contribution in [3.63, 3.8) is 0 Å². The maximum absolute atomic E-state index is 11.8. The molecule has 3 N–H and O–H groups in total. The molecule has 2 aromatic carbocycles. The summed E-state index contributed by atoms with van der Waals surface area (Å²) >= 11 is 0. The Bertz CT molecular complexity index is 668. The van der Waals surface area contributed by atoms with Crippen molar-refractivity contribution in [2.75, 3.05) is 17.7 Å². The molecule has 1 amide bonds. The van der Waals surface area contributed by atoms with E-state index in [2.05, 4.69) is 5.32 Å². The highest BCUT2D eigenvalue weighted by atomic mass is 16.5. The van der Waals surface area contributed by atoms with Gasteiger partial charge in [0.15, 0.2) is 6.61 Å². The molecular weight excluding hydrogens is 268 g/mol. The number of carbonyl (C=O) groups is 2. The van der Waals surface area contributed by atoms with Crippen LogP contribution >= 0.6 is 0 Å². The molecule has 21 heavy (non-hydrogen) atoms. The fraction of sp³-hybridized carbons (Fsp3) is 0.125. The smallest absolute Gasteiger partial charge is 0.262 e. The Morgan fingerprint density at radius 1 is 1.29 bits per heavy atom. The van der Waals surface area contributed by atoms with Crippen LogP contribution in [0.5, 0.6) is 5.75 Å². The highest BCUT2D eigenvalue weighted by molar-refractivity contribution is 5.92. The molecule has 0 spiro atoms. The van der Waals surface area contributed by atoms with Crippen molar-refractivity contribution in [1.29, 1.82) is 0 Å². The van der Waals surface area contributed by atoms with Crippen LogP contribution in [0.1, 0.15) is 15.9 Å². The molecule has 2 aromatic rings. The third-order valence-corrected chi connectivity index (χ3v) is 2.95. The van der Waals surface area contributed by atoms with Crippen LogP contribution in [-0.4, -0.2) is 18.8 Å². The number of aryl methyl sites for hydroxylation is 1. The zero-order valence-corrected chi connectivity index (χ0v) is 11.6. The number of nitrogens with one attached hydrogen (secondary N) is 1. The summed E-state index contributed by atoms with van der Waals surface area (Å²) in [4.78, 5) is 22.5. The maximum atomic E-state index is 11.8. The van der Waals surface area contributed by atoms with E-state index in [4.69, 9.17) is 10.5 Å². The molecule has 0 aliphatic heterocycles. The van der Waals surface area contributed by atoms with E-state index in [9.17, 15) is 9.59 Å². The van der Waals surface area contributed by atoms with Gasteiger partial charge in [-0.25, -0.2) is 0 Å². The molecule has 0 heterocycles. The summed E-state index contributed by atoms with van der Waals surface area (Å²) in [5.41, 5.74) is 8.25. The summed E-state index contributed by atoms with van der Waals surface area (Å²) < 4.78 is 5.36. The first-order valence-corrected chi connectivity index (χ1v) is 6.43. The lowest BCUT2D eigenvalue weighted by atomic mass is 10.2. The Labute approximate surface area is 122 Å². The number of aldehydes is 1. The van der Waals surface area contributed by atoms with Crippen molar-refractivity contribution >= 4 is 23.6 Å². The van der Waals surface area contributed by atoms with Crippen molar-refractivity contribution in [1.82, 2.24) is 0 Å². The topological polar surface area (TPSA) is 81.4 Å². The van der Waals surface area contributed by atoms with E-state index < -0.39 is 0 Å². The van der Waals surface area contributed by atoms with E-state index in [0.717, 1.165) is 11.3 Å². The molecule has 0 fully saturated rings. The summed E-state index contributed by atoms with van der Waals surface area (Å²) in [5, 5.41) is 2.76. The van der Waals surface area contributed by atoms with Crippen LogP contribution in [0.4, 0.5) is 11.4 Å². The van der Waals surface area contributed by atoms with Gasteiger partial charge in [-0.3, -0.25) is 9.59 Å². The van der Waals surface area contributed by atoms with E-state index in [1.165, 1.54) is 6.07 Å². The molecule has 2 rings (SSSR count). The van der Waals surface area contributed by atoms with Crippen LogP contribution in [-0.2, 0) is 4.79 Å². The molecule has 5 nitrogen and oxygen atoms in total. The molecule has 0 atom stereocenters. The second-order valence-corrected chi connectivity index (χ2v) is 4.57. The summed E-state index contributed by atoms with van der Waals surface area (Å²) in [6.45, 7) is 1.76. The summed E-state index contributed by atoms with van der Waals surface area (Å²) in [7, 11) is 0. The third-order valence-electron chi connectivity index (χ3n) is 2.95. The fourth-order valence-electron chi connectivity index (χ4n) is 1.81. The molecule has 108 valence electrons. The Kier molecular flexibility index (Phi) is 4.56. The number of nitrogen functional groups attached to an aromatic ring is 1. The fourth-order valence-corrected chi connectivity index (χ4v) is 1.81. The first-order valence-electron chi connectivity index (χ1n) is 6.43. The van der Waals surface area contributed by atoms with Crippen molar-refractivity contribution < 1.29 is 14.3 Å². The van der Waals surface area contributed by atoms with Crippen LogP contribution in [0.3, 0.4) is 0 Å². The predicted octanol–water partition coefficient (Wildman–Crippen LogP) is 2.41. The minimum Gasteiger partial charge on any atom is -0.482 e. The highest BCUT2D eigenvalue weighted by Gasteiger charge is 2.07. The number of carbonyl (C=O) groups excluding carboxylic acids is 2. The van der Waals surface area contributed by atoms with E-state index in [0.29, 0.717) is 23.3 Å². The molecular formula is C16H16N2O3. The lowest BCUT2D eigenvalue weighted by Gasteiger charge is -2.11. The lowest BCUT2D eigenvalue weighted by Crippen LogP contribution is -2.20. The van der Waals surface area contributed by atoms with Gasteiger partial charge in [-0.15, -0.1) is 0 Å². The number of ether oxygens (including phenoxy) is 1. The van der Waals surface area contributed by atoms with Crippen LogP contribution in [0, 0.1) is 6.92 Å². The standard InChI is InChI=1S/C16H16N2O3/c1-11-4-2-3-5-14(11)18-16(20)10-21-15-7-6-12(9-19)8-13(15)17/h2-9H,10,17H2,1H3,(H,18,20). The number of rotatable bonds is 5. The van der Waals surface area contributed by atoms with Gasteiger partial charge in [0, 0.05) is 11.3 Å². The first kappa shape index (κ1) is 14.6. The molecule has 0 aromatic heterocycles. The molecule has 0 radical (unpaired) electrons. The number of hydrogen-bond acceptors (Lipinski definition) is 4. The molecule has 0 saturated heterocycles. The van der Waals surface area contributed by atoms with Crippen LogP contribution in [0.15, 0.2) is 42.5 Å². The summed E-state index contributed by atoms with van der Waals surface area (Å²) in [6, 6.07) is 12.1. The number of para-hydroxylation sites is 1. The Hall–Kier alpha value is -2.82. The van der Waals surface area contributed by atoms with Crippen LogP contribution in [0.25, 0.3) is 0 Å². The largest absolute Gasteiger partial charge is 0.482 e. The van der Waals surface area contributed by atoms with Gasteiger partial charge in [0.1, 0.15) is 12.0 Å². The van der Waals surface area contributed by atoms with E-state index >= 15 is 0 Å². The van der Waals surface area contributed by atoms with Gasteiger partial charge in [-0.1, -0.05) is 18.2 Å². The second-order valence-electron chi connectivity index (χ2n) is 4.57. The monoisotopic (exact) mass is 284 g/mol. The Morgan fingerprint density at radius 3 is 2.71 bits per heavy atom. The zero-order chi connectivity index (χ0) is 15.2. The van der Waals surface area contributed by atoms with Gasteiger partial charge >= 0.3 is 0 Å². The predicted molar refractivity (Wildman–Crippen MR) is 81.5 cm³/mol. The molecule has 0 unspecified atom stereocenters. The maximum Gasteiger partial charge on any atom is 0.262 e. The van der Waals surface area contributed by atoms with Gasteiger partial charge < -0.3 is 15.8 Å². The first-order chi connectivity index (χ1) is 10.1. The van der Waals surface area contributed by atoms with Gasteiger partial charge in [0.25, 0.3) is 5.91 Å². The number of anilines is 2. The Morgan fingerprint density at radius 2 is 2.05 bits per heavy atom. The number of nitrogens with two attached hydrogens (primary N) is 1. The lowest BCUT2D eigenvalue weighted by molar-refractivity contribution is -0.118. The highest BCUT2D eigenvalue weighted by Crippen LogP contribution is 2.22. The molecule has 0 saturated carbocycles.